The zero-order valence-electron chi connectivity index (χ0n) is 28.9. The molecule has 0 radical (unpaired) electrons. The highest BCUT2D eigenvalue weighted by atomic mass is 15.2. The summed E-state index contributed by atoms with van der Waals surface area (Å²) in [6.07, 6.45) is 13.2. The molecule has 3 aliphatic rings. The van der Waals surface area contributed by atoms with Gasteiger partial charge in [-0.3, -0.25) is 4.90 Å². The molecule has 0 amide bonds. The van der Waals surface area contributed by atoms with Crippen molar-refractivity contribution in [1.82, 2.24) is 9.55 Å². The zero-order valence-corrected chi connectivity index (χ0v) is 28.9. The summed E-state index contributed by atoms with van der Waals surface area (Å²) in [4.78, 5) is 7.16. The van der Waals surface area contributed by atoms with E-state index in [0.717, 1.165) is 36.0 Å². The number of aromatic nitrogens is 2. The predicted molar refractivity (Wildman–Crippen MR) is 208 cm³/mol. The molecule has 3 heteroatoms. The van der Waals surface area contributed by atoms with E-state index in [1.54, 1.807) is 11.1 Å². The van der Waals surface area contributed by atoms with Crippen LogP contribution in [-0.2, 0) is 5.41 Å². The molecule has 3 aliphatic carbocycles. The molecule has 2 heterocycles. The molecule has 0 saturated carbocycles. The van der Waals surface area contributed by atoms with E-state index in [9.17, 15) is 0 Å². The third kappa shape index (κ3) is 4.82. The third-order valence-electron chi connectivity index (χ3n) is 11.4. The van der Waals surface area contributed by atoms with E-state index >= 15 is 0 Å². The Hall–Kier alpha value is -5.15. The van der Waals surface area contributed by atoms with Crippen LogP contribution in [0.5, 0.6) is 0 Å². The lowest BCUT2D eigenvalue weighted by Gasteiger charge is -2.32. The van der Waals surface area contributed by atoms with E-state index in [1.807, 2.05) is 12.3 Å². The van der Waals surface area contributed by atoms with Crippen LogP contribution in [0.4, 0.5) is 17.2 Å². The molecule has 242 valence electrons. The van der Waals surface area contributed by atoms with Crippen LogP contribution in [0.15, 0.2) is 133 Å². The number of rotatable bonds is 5. The van der Waals surface area contributed by atoms with Crippen molar-refractivity contribution in [2.24, 2.45) is 11.8 Å². The summed E-state index contributed by atoms with van der Waals surface area (Å²) in [5, 5.41) is 2.59. The fourth-order valence-corrected chi connectivity index (χ4v) is 9.11. The minimum atomic E-state index is 0.0231. The second-order valence-electron chi connectivity index (χ2n) is 15.0. The van der Waals surface area contributed by atoms with Gasteiger partial charge in [-0.2, -0.15) is 0 Å². The Morgan fingerprint density at radius 2 is 1.55 bits per heavy atom. The van der Waals surface area contributed by atoms with Gasteiger partial charge in [-0.15, -0.1) is 0 Å². The first-order chi connectivity index (χ1) is 23.9. The molecule has 0 spiro atoms. The first-order valence-electron chi connectivity index (χ1n) is 18.0. The van der Waals surface area contributed by atoms with Gasteiger partial charge in [-0.05, 0) is 126 Å². The first-order valence-corrected chi connectivity index (χ1v) is 18.0. The second-order valence-corrected chi connectivity index (χ2v) is 15.0. The number of pyridine rings is 1. The third-order valence-corrected chi connectivity index (χ3v) is 11.4. The number of benzene rings is 4. The fourth-order valence-electron chi connectivity index (χ4n) is 9.11. The first kappa shape index (κ1) is 29.9. The van der Waals surface area contributed by atoms with Gasteiger partial charge in [-0.1, -0.05) is 94.0 Å². The highest BCUT2D eigenvalue weighted by Crippen LogP contribution is 2.55. The molecule has 0 fully saturated rings. The summed E-state index contributed by atoms with van der Waals surface area (Å²) < 4.78 is 2.46. The van der Waals surface area contributed by atoms with Gasteiger partial charge in [0.05, 0.1) is 11.0 Å². The summed E-state index contributed by atoms with van der Waals surface area (Å²) in [6.45, 7) is 9.70. The van der Waals surface area contributed by atoms with Gasteiger partial charge in [0.15, 0.2) is 0 Å². The lowest BCUT2D eigenvalue weighted by molar-refractivity contribution is 0.421. The van der Waals surface area contributed by atoms with Gasteiger partial charge in [0, 0.05) is 39.5 Å². The molecule has 0 saturated heterocycles. The minimum Gasteiger partial charge on any atom is -0.313 e. The Bertz CT molecular complexity index is 2330. The average molecular weight is 638 g/mol. The summed E-state index contributed by atoms with van der Waals surface area (Å²) in [5.41, 5.74) is 14.8. The fraction of sp³-hybridized carbons (Fsp3) is 0.239. The second kappa shape index (κ2) is 11.5. The van der Waals surface area contributed by atoms with Crippen molar-refractivity contribution in [2.75, 3.05) is 4.90 Å². The normalized spacial score (nSPS) is 19.6. The maximum absolute atomic E-state index is 4.84. The van der Waals surface area contributed by atoms with Crippen molar-refractivity contribution in [3.8, 4) is 11.1 Å². The SMILES string of the molecule is CC1CC2=C(c3ccc(N(c4ccc(-c5ccc6c(c5)c5ccccc5n6C5=CC=CCC5)cc4)c4ccccn4)cc3C2(C)C)C(C)C1. The van der Waals surface area contributed by atoms with E-state index in [1.165, 1.54) is 62.6 Å². The Balaban J connectivity index is 1.11. The summed E-state index contributed by atoms with van der Waals surface area (Å²) in [6, 6.07) is 38.1. The minimum absolute atomic E-state index is 0.0231. The largest absolute Gasteiger partial charge is 0.313 e. The number of hydrogen-bond acceptors (Lipinski definition) is 2. The van der Waals surface area contributed by atoms with E-state index in [-0.39, 0.29) is 5.41 Å². The van der Waals surface area contributed by atoms with Crippen molar-refractivity contribution in [3.05, 3.63) is 144 Å². The van der Waals surface area contributed by atoms with Gasteiger partial charge in [-0.25, -0.2) is 4.98 Å². The average Bonchev–Trinajstić information content (AvgIpc) is 3.57. The lowest BCUT2D eigenvalue weighted by atomic mass is 9.72. The smallest absolute Gasteiger partial charge is 0.137 e. The molecule has 2 atom stereocenters. The van der Waals surface area contributed by atoms with Crippen LogP contribution in [0.3, 0.4) is 0 Å². The molecule has 0 bridgehead atoms. The zero-order chi connectivity index (χ0) is 33.3. The summed E-state index contributed by atoms with van der Waals surface area (Å²) >= 11 is 0. The number of nitrogens with zero attached hydrogens (tertiary/aromatic N) is 3. The number of fused-ring (bicyclic) bond motifs is 5. The number of anilines is 3. The quantitative estimate of drug-likeness (QED) is 0.188. The number of hydrogen-bond donors (Lipinski definition) is 0. The van der Waals surface area contributed by atoms with Crippen LogP contribution >= 0.6 is 0 Å². The summed E-state index contributed by atoms with van der Waals surface area (Å²) in [5.74, 6) is 2.25. The molecular formula is C46H43N3. The Morgan fingerprint density at radius 3 is 2.35 bits per heavy atom. The van der Waals surface area contributed by atoms with Crippen molar-refractivity contribution in [1.29, 1.82) is 0 Å². The van der Waals surface area contributed by atoms with Crippen LogP contribution in [0, 0.1) is 11.8 Å². The van der Waals surface area contributed by atoms with E-state index < -0.39 is 0 Å². The van der Waals surface area contributed by atoms with E-state index in [0.29, 0.717) is 5.92 Å². The Kier molecular flexibility index (Phi) is 7.02. The molecule has 2 unspecified atom stereocenters. The standard InChI is InChI=1S/C46H43N3/c1-30-26-31(2)45-38-23-22-36(29-40(38)46(3,4)41(45)27-30)48(44-16-10-11-25-47-44)35-20-17-32(18-21-35)33-19-24-43-39(28-33)37-14-8-9-15-42(37)49(43)34-12-6-5-7-13-34/h5-6,8-12,14-25,28-31H,7,13,26-27H2,1-4H3. The molecule has 0 aliphatic heterocycles. The lowest BCUT2D eigenvalue weighted by Crippen LogP contribution is -2.22. The monoisotopic (exact) mass is 637 g/mol. The van der Waals surface area contributed by atoms with Gasteiger partial charge in [0.1, 0.15) is 5.82 Å². The molecule has 4 aromatic carbocycles. The van der Waals surface area contributed by atoms with Gasteiger partial charge in [0.2, 0.25) is 0 Å². The van der Waals surface area contributed by atoms with E-state index in [4.69, 9.17) is 4.98 Å². The van der Waals surface area contributed by atoms with Crippen LogP contribution in [0.2, 0.25) is 0 Å². The highest BCUT2D eigenvalue weighted by molar-refractivity contribution is 6.11. The molecule has 0 N–H and O–H groups in total. The van der Waals surface area contributed by atoms with Crippen molar-refractivity contribution in [3.63, 3.8) is 0 Å². The molecule has 6 aromatic rings. The van der Waals surface area contributed by atoms with Crippen LogP contribution in [-0.4, -0.2) is 9.55 Å². The van der Waals surface area contributed by atoms with Crippen LogP contribution in [0.1, 0.15) is 64.5 Å². The summed E-state index contributed by atoms with van der Waals surface area (Å²) in [7, 11) is 0. The predicted octanol–water partition coefficient (Wildman–Crippen LogP) is 12.6. The molecule has 2 aromatic heterocycles. The van der Waals surface area contributed by atoms with Gasteiger partial charge in [0.25, 0.3) is 0 Å². The Labute approximate surface area is 289 Å². The van der Waals surface area contributed by atoms with Gasteiger partial charge >= 0.3 is 0 Å². The van der Waals surface area contributed by atoms with Crippen molar-refractivity contribution >= 4 is 50.3 Å². The molecule has 9 rings (SSSR count). The Morgan fingerprint density at radius 1 is 0.776 bits per heavy atom. The molecule has 49 heavy (non-hydrogen) atoms. The maximum atomic E-state index is 4.84. The van der Waals surface area contributed by atoms with Gasteiger partial charge < -0.3 is 4.57 Å². The number of allylic oxidation sites excluding steroid dienone is 6. The van der Waals surface area contributed by atoms with E-state index in [2.05, 4.69) is 152 Å². The van der Waals surface area contributed by atoms with Crippen LogP contribution in [0.25, 0.3) is 44.2 Å². The molecule has 3 nitrogen and oxygen atoms in total. The maximum Gasteiger partial charge on any atom is 0.137 e. The van der Waals surface area contributed by atoms with Crippen molar-refractivity contribution in [2.45, 2.75) is 58.8 Å². The molecular weight excluding hydrogens is 595 g/mol. The number of para-hydroxylation sites is 1. The van der Waals surface area contributed by atoms with Crippen molar-refractivity contribution < 1.29 is 0 Å². The van der Waals surface area contributed by atoms with Crippen LogP contribution < -0.4 is 4.90 Å². The topological polar surface area (TPSA) is 21.1 Å². The highest BCUT2D eigenvalue weighted by Gasteiger charge is 2.42.